The largest absolute Gasteiger partial charge is 0.490 e. The predicted molar refractivity (Wildman–Crippen MR) is 100 cm³/mol. The number of hydrogen-bond acceptors (Lipinski definition) is 3. The van der Waals surface area contributed by atoms with Gasteiger partial charge in [0.05, 0.1) is 13.2 Å². The summed E-state index contributed by atoms with van der Waals surface area (Å²) in [4.78, 5) is 12.3. The van der Waals surface area contributed by atoms with Crippen LogP contribution in [0.3, 0.4) is 0 Å². The zero-order chi connectivity index (χ0) is 17.6. The monoisotopic (exact) mass is 337 g/mol. The highest BCUT2D eigenvalue weighted by Gasteiger charge is 2.10. The number of amides is 1. The van der Waals surface area contributed by atoms with E-state index >= 15 is 0 Å². The number of para-hydroxylation sites is 1. The van der Waals surface area contributed by atoms with Crippen LogP contribution in [-0.4, -0.2) is 19.1 Å². The molecule has 1 amide bonds. The lowest BCUT2D eigenvalue weighted by molar-refractivity contribution is -0.111. The molecule has 0 saturated carbocycles. The molecule has 1 aliphatic rings. The maximum atomic E-state index is 12.3. The third-order valence-corrected chi connectivity index (χ3v) is 4.19. The highest BCUT2D eigenvalue weighted by atomic mass is 16.5. The second kappa shape index (κ2) is 7.88. The first-order valence-electron chi connectivity index (χ1n) is 8.64. The number of benzene rings is 2. The molecule has 1 heterocycles. The number of hydrogen-bond donors (Lipinski definition) is 1. The van der Waals surface area contributed by atoms with Crippen LogP contribution < -0.4 is 14.8 Å². The van der Waals surface area contributed by atoms with Gasteiger partial charge in [-0.05, 0) is 48.2 Å². The van der Waals surface area contributed by atoms with Crippen molar-refractivity contribution in [1.82, 2.24) is 0 Å². The standard InChI is InChI=1S/C21H23NO3/c1-3-17-7-4-6-15(2)21(17)22-20(23)11-9-16-8-10-18-19(14-16)25-13-5-12-24-18/h4,6-11,14H,3,5,12-13H2,1-2H3,(H,22,23)/b11-9+. The van der Waals surface area contributed by atoms with Crippen LogP contribution in [0.2, 0.25) is 0 Å². The van der Waals surface area contributed by atoms with E-state index in [4.69, 9.17) is 9.47 Å². The molecule has 0 bridgehead atoms. The van der Waals surface area contributed by atoms with Crippen molar-refractivity contribution < 1.29 is 14.3 Å². The summed E-state index contributed by atoms with van der Waals surface area (Å²) < 4.78 is 11.3. The van der Waals surface area contributed by atoms with E-state index < -0.39 is 0 Å². The molecule has 25 heavy (non-hydrogen) atoms. The van der Waals surface area contributed by atoms with Gasteiger partial charge in [-0.25, -0.2) is 0 Å². The van der Waals surface area contributed by atoms with E-state index in [1.54, 1.807) is 12.2 Å². The summed E-state index contributed by atoms with van der Waals surface area (Å²) in [5.74, 6) is 1.34. The molecular weight excluding hydrogens is 314 g/mol. The predicted octanol–water partition coefficient (Wildman–Crippen LogP) is 4.37. The van der Waals surface area contributed by atoms with Crippen LogP contribution in [0.15, 0.2) is 42.5 Å². The third kappa shape index (κ3) is 4.21. The Kier molecular flexibility index (Phi) is 5.39. The Morgan fingerprint density at radius 3 is 2.76 bits per heavy atom. The molecule has 4 nitrogen and oxygen atoms in total. The summed E-state index contributed by atoms with van der Waals surface area (Å²) in [6.45, 7) is 5.40. The van der Waals surface area contributed by atoms with Gasteiger partial charge in [-0.1, -0.05) is 31.2 Å². The number of ether oxygens (including phenoxy) is 2. The molecule has 130 valence electrons. The summed E-state index contributed by atoms with van der Waals surface area (Å²) >= 11 is 0. The summed E-state index contributed by atoms with van der Waals surface area (Å²) in [6.07, 6.45) is 5.08. The summed E-state index contributed by atoms with van der Waals surface area (Å²) in [5.41, 5.74) is 4.01. The van der Waals surface area contributed by atoms with Gasteiger partial charge in [0.15, 0.2) is 11.5 Å². The summed E-state index contributed by atoms with van der Waals surface area (Å²) in [6, 6.07) is 11.8. The maximum Gasteiger partial charge on any atom is 0.248 e. The van der Waals surface area contributed by atoms with Gasteiger partial charge >= 0.3 is 0 Å². The van der Waals surface area contributed by atoms with Gasteiger partial charge in [0.25, 0.3) is 0 Å². The molecule has 0 spiro atoms. The fourth-order valence-corrected chi connectivity index (χ4v) is 2.82. The lowest BCUT2D eigenvalue weighted by Gasteiger charge is -2.11. The molecule has 1 aliphatic heterocycles. The Balaban J connectivity index is 1.72. The van der Waals surface area contributed by atoms with Gasteiger partial charge in [0.1, 0.15) is 0 Å². The molecule has 2 aromatic rings. The topological polar surface area (TPSA) is 47.6 Å². The average molecular weight is 337 g/mol. The second-order valence-corrected chi connectivity index (χ2v) is 6.04. The van der Waals surface area contributed by atoms with Crippen molar-refractivity contribution in [3.8, 4) is 11.5 Å². The smallest absolute Gasteiger partial charge is 0.248 e. The molecule has 4 heteroatoms. The number of aryl methyl sites for hydroxylation is 2. The molecule has 0 saturated heterocycles. The van der Waals surface area contributed by atoms with E-state index in [2.05, 4.69) is 12.2 Å². The van der Waals surface area contributed by atoms with Crippen LogP contribution in [0, 0.1) is 6.92 Å². The number of rotatable bonds is 4. The minimum absolute atomic E-state index is 0.142. The Hall–Kier alpha value is -2.75. The third-order valence-electron chi connectivity index (χ3n) is 4.19. The van der Waals surface area contributed by atoms with Gasteiger partial charge in [0.2, 0.25) is 5.91 Å². The Labute approximate surface area is 148 Å². The van der Waals surface area contributed by atoms with E-state index in [9.17, 15) is 4.79 Å². The second-order valence-electron chi connectivity index (χ2n) is 6.04. The Morgan fingerprint density at radius 1 is 1.16 bits per heavy atom. The van der Waals surface area contributed by atoms with Crippen molar-refractivity contribution in [2.75, 3.05) is 18.5 Å². The van der Waals surface area contributed by atoms with Gasteiger partial charge in [0, 0.05) is 18.2 Å². The normalized spacial score (nSPS) is 13.5. The number of fused-ring (bicyclic) bond motifs is 1. The summed E-state index contributed by atoms with van der Waals surface area (Å²) in [5, 5.41) is 2.99. The number of carbonyl (C=O) groups is 1. The lowest BCUT2D eigenvalue weighted by atomic mass is 10.1. The van der Waals surface area contributed by atoms with E-state index in [0.29, 0.717) is 13.2 Å². The molecule has 0 radical (unpaired) electrons. The molecule has 3 rings (SSSR count). The summed E-state index contributed by atoms with van der Waals surface area (Å²) in [7, 11) is 0. The van der Waals surface area contributed by atoms with Crippen LogP contribution in [0.25, 0.3) is 6.08 Å². The van der Waals surface area contributed by atoms with Gasteiger partial charge < -0.3 is 14.8 Å². The zero-order valence-electron chi connectivity index (χ0n) is 14.7. The molecule has 0 aromatic heterocycles. The van der Waals surface area contributed by atoms with Crippen LogP contribution in [0.1, 0.15) is 30.0 Å². The molecule has 2 aromatic carbocycles. The van der Waals surface area contributed by atoms with Crippen LogP contribution in [0.5, 0.6) is 11.5 Å². The van der Waals surface area contributed by atoms with Crippen LogP contribution in [-0.2, 0) is 11.2 Å². The number of nitrogens with one attached hydrogen (secondary N) is 1. The van der Waals surface area contributed by atoms with Crippen LogP contribution >= 0.6 is 0 Å². The highest BCUT2D eigenvalue weighted by Crippen LogP contribution is 2.30. The van der Waals surface area contributed by atoms with Gasteiger partial charge in [-0.15, -0.1) is 0 Å². The lowest BCUT2D eigenvalue weighted by Crippen LogP contribution is -2.11. The number of anilines is 1. The highest BCUT2D eigenvalue weighted by molar-refractivity contribution is 6.02. The van der Waals surface area contributed by atoms with Gasteiger partial charge in [-0.2, -0.15) is 0 Å². The SMILES string of the molecule is CCc1cccc(C)c1NC(=O)/C=C/c1ccc2c(c1)OCCCO2. The molecular formula is C21H23NO3. The minimum Gasteiger partial charge on any atom is -0.490 e. The average Bonchev–Trinajstić information content (AvgIpc) is 2.86. The van der Waals surface area contributed by atoms with E-state index in [-0.39, 0.29) is 5.91 Å². The zero-order valence-corrected chi connectivity index (χ0v) is 14.7. The quantitative estimate of drug-likeness (QED) is 0.843. The Morgan fingerprint density at radius 2 is 1.96 bits per heavy atom. The minimum atomic E-state index is -0.142. The Bertz CT molecular complexity index is 796. The molecule has 0 unspecified atom stereocenters. The first-order valence-corrected chi connectivity index (χ1v) is 8.64. The van der Waals surface area contributed by atoms with Crippen molar-refractivity contribution >= 4 is 17.7 Å². The van der Waals surface area contributed by atoms with Crippen molar-refractivity contribution in [1.29, 1.82) is 0 Å². The van der Waals surface area contributed by atoms with Gasteiger partial charge in [-0.3, -0.25) is 4.79 Å². The fourth-order valence-electron chi connectivity index (χ4n) is 2.82. The molecule has 0 atom stereocenters. The van der Waals surface area contributed by atoms with Crippen molar-refractivity contribution in [3.63, 3.8) is 0 Å². The van der Waals surface area contributed by atoms with Crippen molar-refractivity contribution in [2.24, 2.45) is 0 Å². The molecule has 0 aliphatic carbocycles. The number of carbonyl (C=O) groups excluding carboxylic acids is 1. The van der Waals surface area contributed by atoms with E-state index in [0.717, 1.165) is 46.7 Å². The first kappa shape index (κ1) is 17.1. The van der Waals surface area contributed by atoms with Crippen molar-refractivity contribution in [2.45, 2.75) is 26.7 Å². The van der Waals surface area contributed by atoms with Crippen molar-refractivity contribution in [3.05, 3.63) is 59.2 Å². The van der Waals surface area contributed by atoms with Crippen LogP contribution in [0.4, 0.5) is 5.69 Å². The van der Waals surface area contributed by atoms with E-state index in [1.807, 2.05) is 43.3 Å². The fraction of sp³-hybridized carbons (Fsp3) is 0.286. The first-order chi connectivity index (χ1) is 12.2. The maximum absolute atomic E-state index is 12.3. The molecule has 1 N–H and O–H groups in total. The molecule has 0 fully saturated rings. The van der Waals surface area contributed by atoms with E-state index in [1.165, 1.54) is 0 Å².